The maximum absolute atomic E-state index is 13.1. The van der Waals surface area contributed by atoms with Gasteiger partial charge in [-0.15, -0.1) is 0 Å². The molecule has 6 heteroatoms. The number of hydrogen-bond donors (Lipinski definition) is 1. The molecule has 22 heavy (non-hydrogen) atoms. The number of nitrogens with one attached hydrogen (secondary N) is 1. The second kappa shape index (κ2) is 5.77. The highest BCUT2D eigenvalue weighted by Crippen LogP contribution is 2.23. The van der Waals surface area contributed by atoms with Gasteiger partial charge in [0.15, 0.2) is 6.10 Å². The zero-order valence-electron chi connectivity index (χ0n) is 11.3. The fourth-order valence-corrected chi connectivity index (χ4v) is 2.45. The van der Waals surface area contributed by atoms with Crippen molar-refractivity contribution >= 4 is 29.2 Å². The summed E-state index contributed by atoms with van der Waals surface area (Å²) in [5.74, 6) is -1.58. The Morgan fingerprint density at radius 2 is 2.05 bits per heavy atom. The van der Waals surface area contributed by atoms with Crippen molar-refractivity contribution in [1.29, 1.82) is 0 Å². The SMILES string of the molecule is O=C1O[C@H](C(=O)Nc2ccc(F)c(Cl)c2)Cc2ccccc21. The van der Waals surface area contributed by atoms with Crippen LogP contribution in [-0.2, 0) is 16.0 Å². The van der Waals surface area contributed by atoms with Crippen molar-refractivity contribution in [2.75, 3.05) is 5.32 Å². The molecule has 4 nitrogen and oxygen atoms in total. The topological polar surface area (TPSA) is 55.4 Å². The molecular formula is C16H11ClFNO3. The van der Waals surface area contributed by atoms with Crippen LogP contribution in [0.2, 0.25) is 5.02 Å². The van der Waals surface area contributed by atoms with Crippen LogP contribution >= 0.6 is 11.6 Å². The Bertz CT molecular complexity index is 763. The molecular weight excluding hydrogens is 309 g/mol. The van der Waals surface area contributed by atoms with Crippen molar-refractivity contribution in [3.63, 3.8) is 0 Å². The number of esters is 1. The van der Waals surface area contributed by atoms with Crippen LogP contribution in [0.25, 0.3) is 0 Å². The van der Waals surface area contributed by atoms with Gasteiger partial charge in [0.2, 0.25) is 0 Å². The van der Waals surface area contributed by atoms with Crippen LogP contribution in [0.5, 0.6) is 0 Å². The Morgan fingerprint density at radius 1 is 1.27 bits per heavy atom. The Morgan fingerprint density at radius 3 is 2.82 bits per heavy atom. The van der Waals surface area contributed by atoms with Gasteiger partial charge in [-0.3, -0.25) is 4.79 Å². The highest BCUT2D eigenvalue weighted by molar-refractivity contribution is 6.31. The van der Waals surface area contributed by atoms with Gasteiger partial charge in [0.1, 0.15) is 5.82 Å². The lowest BCUT2D eigenvalue weighted by Crippen LogP contribution is -2.37. The molecule has 1 atom stereocenters. The molecule has 0 aliphatic carbocycles. The third-order valence-electron chi connectivity index (χ3n) is 3.37. The monoisotopic (exact) mass is 319 g/mol. The normalized spacial score (nSPS) is 16.6. The third-order valence-corrected chi connectivity index (χ3v) is 3.66. The molecule has 1 aliphatic rings. The highest BCUT2D eigenvalue weighted by Gasteiger charge is 2.31. The fraction of sp³-hybridized carbons (Fsp3) is 0.125. The van der Waals surface area contributed by atoms with Gasteiger partial charge in [-0.05, 0) is 29.8 Å². The van der Waals surface area contributed by atoms with Crippen molar-refractivity contribution in [1.82, 2.24) is 0 Å². The van der Waals surface area contributed by atoms with Crippen molar-refractivity contribution in [3.8, 4) is 0 Å². The van der Waals surface area contributed by atoms with E-state index < -0.39 is 23.8 Å². The van der Waals surface area contributed by atoms with E-state index in [1.54, 1.807) is 24.3 Å². The standard InChI is InChI=1S/C16H11ClFNO3/c17-12-8-10(5-6-13(12)18)19-15(20)14-7-9-3-1-2-4-11(9)16(21)22-14/h1-6,8,14H,7H2,(H,19,20)/t14-/m0/s1. The van der Waals surface area contributed by atoms with Gasteiger partial charge in [-0.25, -0.2) is 9.18 Å². The van der Waals surface area contributed by atoms with Gasteiger partial charge in [0.25, 0.3) is 5.91 Å². The molecule has 0 radical (unpaired) electrons. The predicted octanol–water partition coefficient (Wildman–Crippen LogP) is 3.20. The molecule has 1 aliphatic heterocycles. The summed E-state index contributed by atoms with van der Waals surface area (Å²) in [7, 11) is 0. The number of carbonyl (C=O) groups is 2. The minimum absolute atomic E-state index is 0.0937. The molecule has 0 fully saturated rings. The number of amides is 1. The first-order chi connectivity index (χ1) is 10.5. The van der Waals surface area contributed by atoms with Crippen molar-refractivity contribution in [2.45, 2.75) is 12.5 Å². The number of fused-ring (bicyclic) bond motifs is 1. The zero-order valence-corrected chi connectivity index (χ0v) is 12.1. The molecule has 112 valence electrons. The molecule has 2 aromatic carbocycles. The average Bonchev–Trinajstić information content (AvgIpc) is 2.51. The summed E-state index contributed by atoms with van der Waals surface area (Å²) in [5.41, 5.74) is 1.57. The third kappa shape index (κ3) is 2.80. The summed E-state index contributed by atoms with van der Waals surface area (Å²) in [6, 6.07) is 10.8. The molecule has 0 unspecified atom stereocenters. The first-order valence-electron chi connectivity index (χ1n) is 6.59. The minimum atomic E-state index is -0.925. The Labute approximate surface area is 130 Å². The summed E-state index contributed by atoms with van der Waals surface area (Å²) < 4.78 is 18.2. The van der Waals surface area contributed by atoms with E-state index in [0.29, 0.717) is 17.7 Å². The van der Waals surface area contributed by atoms with Gasteiger partial charge in [0.05, 0.1) is 10.6 Å². The van der Waals surface area contributed by atoms with Crippen LogP contribution in [0.1, 0.15) is 15.9 Å². The first-order valence-corrected chi connectivity index (χ1v) is 6.97. The predicted molar refractivity (Wildman–Crippen MR) is 79.4 cm³/mol. The summed E-state index contributed by atoms with van der Waals surface area (Å²) in [5, 5.41) is 2.47. The highest BCUT2D eigenvalue weighted by atomic mass is 35.5. The van der Waals surface area contributed by atoms with E-state index >= 15 is 0 Å². The largest absolute Gasteiger partial charge is 0.448 e. The van der Waals surface area contributed by atoms with E-state index in [1.807, 2.05) is 0 Å². The smallest absolute Gasteiger partial charge is 0.339 e. The summed E-state index contributed by atoms with van der Waals surface area (Å²) in [6.07, 6.45) is -0.630. The van der Waals surface area contributed by atoms with Crippen LogP contribution in [0.15, 0.2) is 42.5 Å². The average molecular weight is 320 g/mol. The van der Waals surface area contributed by atoms with E-state index in [2.05, 4.69) is 5.32 Å². The van der Waals surface area contributed by atoms with E-state index in [0.717, 1.165) is 11.6 Å². The van der Waals surface area contributed by atoms with Gasteiger partial charge in [0, 0.05) is 12.1 Å². The van der Waals surface area contributed by atoms with E-state index in [-0.39, 0.29) is 5.02 Å². The van der Waals surface area contributed by atoms with Crippen molar-refractivity contribution in [2.24, 2.45) is 0 Å². The molecule has 1 amide bonds. The van der Waals surface area contributed by atoms with E-state index in [4.69, 9.17) is 16.3 Å². The number of carbonyl (C=O) groups excluding carboxylic acids is 2. The molecule has 0 aromatic heterocycles. The Kier molecular flexibility index (Phi) is 3.81. The molecule has 1 N–H and O–H groups in total. The number of rotatable bonds is 2. The van der Waals surface area contributed by atoms with Crippen LogP contribution < -0.4 is 5.32 Å². The van der Waals surface area contributed by atoms with Crippen LogP contribution in [0, 0.1) is 5.82 Å². The number of halogens is 2. The fourth-order valence-electron chi connectivity index (χ4n) is 2.27. The number of hydrogen-bond acceptors (Lipinski definition) is 3. The second-order valence-corrected chi connectivity index (χ2v) is 5.28. The molecule has 2 aromatic rings. The van der Waals surface area contributed by atoms with Gasteiger partial charge >= 0.3 is 5.97 Å². The molecule has 3 rings (SSSR count). The van der Waals surface area contributed by atoms with Crippen molar-refractivity contribution < 1.29 is 18.7 Å². The summed E-state index contributed by atoms with van der Waals surface area (Å²) in [4.78, 5) is 24.1. The van der Waals surface area contributed by atoms with Crippen LogP contribution in [-0.4, -0.2) is 18.0 Å². The molecule has 0 saturated heterocycles. The second-order valence-electron chi connectivity index (χ2n) is 4.87. The first kappa shape index (κ1) is 14.5. The Hall–Kier alpha value is -2.40. The molecule has 0 spiro atoms. The zero-order chi connectivity index (χ0) is 15.7. The minimum Gasteiger partial charge on any atom is -0.448 e. The number of anilines is 1. The summed E-state index contributed by atoms with van der Waals surface area (Å²) >= 11 is 5.66. The van der Waals surface area contributed by atoms with Gasteiger partial charge in [-0.2, -0.15) is 0 Å². The van der Waals surface area contributed by atoms with E-state index in [1.165, 1.54) is 12.1 Å². The van der Waals surface area contributed by atoms with Crippen molar-refractivity contribution in [3.05, 3.63) is 64.4 Å². The maximum Gasteiger partial charge on any atom is 0.339 e. The Balaban J connectivity index is 1.76. The van der Waals surface area contributed by atoms with E-state index in [9.17, 15) is 14.0 Å². The summed E-state index contributed by atoms with van der Waals surface area (Å²) in [6.45, 7) is 0. The van der Waals surface area contributed by atoms with Gasteiger partial charge in [-0.1, -0.05) is 29.8 Å². The molecule has 0 bridgehead atoms. The quantitative estimate of drug-likeness (QED) is 0.865. The maximum atomic E-state index is 13.1. The van der Waals surface area contributed by atoms with Crippen LogP contribution in [0.4, 0.5) is 10.1 Å². The van der Waals surface area contributed by atoms with Gasteiger partial charge < -0.3 is 10.1 Å². The van der Waals surface area contributed by atoms with Crippen LogP contribution in [0.3, 0.4) is 0 Å². The molecule has 0 saturated carbocycles. The lowest BCUT2D eigenvalue weighted by atomic mass is 9.98. The number of benzene rings is 2. The molecule has 1 heterocycles. The lowest BCUT2D eigenvalue weighted by Gasteiger charge is -2.23. The lowest BCUT2D eigenvalue weighted by molar-refractivity contribution is -0.125. The number of ether oxygens (including phenoxy) is 1. The number of cyclic esters (lactones) is 1.